The third-order valence-corrected chi connectivity index (χ3v) is 3.55. The smallest absolute Gasteiger partial charge is 0.224 e. The average Bonchev–Trinajstić information content (AvgIpc) is 2.44. The lowest BCUT2D eigenvalue weighted by Gasteiger charge is -2.15. The topological polar surface area (TPSA) is 55.1 Å². The number of thiocarbonyl (C=S) groups is 1. The van der Waals surface area contributed by atoms with Crippen molar-refractivity contribution in [2.24, 2.45) is 5.73 Å². The number of fused-ring (bicyclic) bond motifs is 1. The van der Waals surface area contributed by atoms with Crippen LogP contribution < -0.4 is 11.1 Å². The highest BCUT2D eigenvalue weighted by atomic mass is 32.1. The standard InChI is InChI=1S/C16H18N2OS/c1-2-14(16(17)20)18-15(19)10-11-7-8-12-5-3-4-6-13(12)9-11/h3-9,14H,2,10H2,1H3,(H2,17,20)(H,18,19). The molecular weight excluding hydrogens is 268 g/mol. The van der Waals surface area contributed by atoms with E-state index in [1.165, 1.54) is 5.39 Å². The van der Waals surface area contributed by atoms with Gasteiger partial charge in [0, 0.05) is 0 Å². The molecule has 0 spiro atoms. The van der Waals surface area contributed by atoms with Crippen molar-refractivity contribution in [3.63, 3.8) is 0 Å². The van der Waals surface area contributed by atoms with Crippen molar-refractivity contribution < 1.29 is 4.79 Å². The maximum atomic E-state index is 12.0. The van der Waals surface area contributed by atoms with Gasteiger partial charge in [0.05, 0.1) is 17.5 Å². The summed E-state index contributed by atoms with van der Waals surface area (Å²) in [7, 11) is 0. The predicted molar refractivity (Wildman–Crippen MR) is 86.7 cm³/mol. The Morgan fingerprint density at radius 1 is 1.25 bits per heavy atom. The van der Waals surface area contributed by atoms with Gasteiger partial charge in [-0.3, -0.25) is 4.79 Å². The number of carbonyl (C=O) groups is 1. The van der Waals surface area contributed by atoms with E-state index < -0.39 is 0 Å². The fourth-order valence-electron chi connectivity index (χ4n) is 2.15. The van der Waals surface area contributed by atoms with Crippen molar-refractivity contribution >= 4 is 33.9 Å². The van der Waals surface area contributed by atoms with Crippen LogP contribution in [-0.2, 0) is 11.2 Å². The van der Waals surface area contributed by atoms with Crippen LogP contribution in [0.15, 0.2) is 42.5 Å². The summed E-state index contributed by atoms with van der Waals surface area (Å²) in [6, 6.07) is 13.9. The molecule has 0 aliphatic rings. The van der Waals surface area contributed by atoms with Gasteiger partial charge in [0.25, 0.3) is 0 Å². The van der Waals surface area contributed by atoms with Gasteiger partial charge < -0.3 is 11.1 Å². The molecule has 3 nitrogen and oxygen atoms in total. The first-order chi connectivity index (χ1) is 9.60. The van der Waals surface area contributed by atoms with Crippen molar-refractivity contribution in [3.8, 4) is 0 Å². The van der Waals surface area contributed by atoms with Gasteiger partial charge in [0.2, 0.25) is 5.91 Å². The quantitative estimate of drug-likeness (QED) is 0.831. The van der Waals surface area contributed by atoms with Crippen molar-refractivity contribution in [2.45, 2.75) is 25.8 Å². The molecule has 0 aromatic heterocycles. The summed E-state index contributed by atoms with van der Waals surface area (Å²) in [5.74, 6) is -0.0556. The van der Waals surface area contributed by atoms with Crippen LogP contribution in [0.25, 0.3) is 10.8 Å². The van der Waals surface area contributed by atoms with E-state index in [1.807, 2.05) is 43.3 Å². The third-order valence-electron chi connectivity index (χ3n) is 3.27. The number of rotatable bonds is 5. The van der Waals surface area contributed by atoms with Crippen LogP contribution in [0, 0.1) is 0 Å². The molecule has 2 rings (SSSR count). The molecular formula is C16H18N2OS. The molecule has 0 fully saturated rings. The van der Waals surface area contributed by atoms with Gasteiger partial charge in [-0.15, -0.1) is 0 Å². The molecule has 0 saturated carbocycles. The van der Waals surface area contributed by atoms with Crippen molar-refractivity contribution in [1.82, 2.24) is 5.32 Å². The molecule has 1 amide bonds. The minimum atomic E-state index is -0.224. The van der Waals surface area contributed by atoms with Gasteiger partial charge in [0.15, 0.2) is 0 Å². The highest BCUT2D eigenvalue weighted by molar-refractivity contribution is 7.80. The van der Waals surface area contributed by atoms with E-state index in [0.29, 0.717) is 17.8 Å². The van der Waals surface area contributed by atoms with Crippen molar-refractivity contribution in [3.05, 3.63) is 48.0 Å². The molecule has 0 aliphatic carbocycles. The molecule has 0 saturated heterocycles. The molecule has 2 aromatic rings. The SMILES string of the molecule is CCC(NC(=O)Cc1ccc2ccccc2c1)C(N)=S. The van der Waals surface area contributed by atoms with E-state index in [1.54, 1.807) is 0 Å². The molecule has 0 radical (unpaired) electrons. The zero-order chi connectivity index (χ0) is 14.5. The van der Waals surface area contributed by atoms with E-state index in [4.69, 9.17) is 18.0 Å². The normalized spacial score (nSPS) is 12.1. The van der Waals surface area contributed by atoms with Crippen LogP contribution in [0.3, 0.4) is 0 Å². The molecule has 104 valence electrons. The van der Waals surface area contributed by atoms with Crippen molar-refractivity contribution in [2.75, 3.05) is 0 Å². The maximum Gasteiger partial charge on any atom is 0.224 e. The van der Waals surface area contributed by atoms with E-state index in [9.17, 15) is 4.79 Å². The largest absolute Gasteiger partial charge is 0.392 e. The van der Waals surface area contributed by atoms with E-state index >= 15 is 0 Å². The van der Waals surface area contributed by atoms with E-state index in [0.717, 1.165) is 10.9 Å². The molecule has 2 aromatic carbocycles. The van der Waals surface area contributed by atoms with Gasteiger partial charge >= 0.3 is 0 Å². The molecule has 20 heavy (non-hydrogen) atoms. The van der Waals surface area contributed by atoms with Crippen molar-refractivity contribution in [1.29, 1.82) is 0 Å². The fraction of sp³-hybridized carbons (Fsp3) is 0.250. The summed E-state index contributed by atoms with van der Waals surface area (Å²) < 4.78 is 0. The summed E-state index contributed by atoms with van der Waals surface area (Å²) in [6.45, 7) is 1.94. The van der Waals surface area contributed by atoms with Crippen LogP contribution >= 0.6 is 12.2 Å². The fourth-order valence-corrected chi connectivity index (χ4v) is 2.38. The summed E-state index contributed by atoms with van der Waals surface area (Å²) >= 11 is 4.93. The molecule has 1 unspecified atom stereocenters. The Morgan fingerprint density at radius 3 is 2.60 bits per heavy atom. The second kappa shape index (κ2) is 6.48. The van der Waals surface area contributed by atoms with Gasteiger partial charge in [-0.05, 0) is 22.8 Å². The number of amides is 1. The second-order valence-corrected chi connectivity index (χ2v) is 5.26. The Hall–Kier alpha value is -1.94. The molecule has 0 heterocycles. The highest BCUT2D eigenvalue weighted by Gasteiger charge is 2.13. The van der Waals surface area contributed by atoms with E-state index in [2.05, 4.69) is 11.4 Å². The Kier molecular flexibility index (Phi) is 4.69. The van der Waals surface area contributed by atoms with Gasteiger partial charge in [-0.2, -0.15) is 0 Å². The lowest BCUT2D eigenvalue weighted by molar-refractivity contribution is -0.120. The molecule has 1 atom stereocenters. The van der Waals surface area contributed by atoms with Crippen LogP contribution in [0.1, 0.15) is 18.9 Å². The minimum absolute atomic E-state index is 0.0556. The molecule has 0 aliphatic heterocycles. The zero-order valence-corrected chi connectivity index (χ0v) is 12.2. The number of nitrogens with two attached hydrogens (primary N) is 1. The summed E-state index contributed by atoms with van der Waals surface area (Å²) in [5.41, 5.74) is 6.57. The highest BCUT2D eigenvalue weighted by Crippen LogP contribution is 2.15. The number of benzene rings is 2. The zero-order valence-electron chi connectivity index (χ0n) is 11.4. The van der Waals surface area contributed by atoms with Crippen LogP contribution in [-0.4, -0.2) is 16.9 Å². The Bertz CT molecular complexity index is 639. The summed E-state index contributed by atoms with van der Waals surface area (Å²) in [4.78, 5) is 12.3. The summed E-state index contributed by atoms with van der Waals surface area (Å²) in [5, 5.41) is 5.17. The predicted octanol–water partition coefficient (Wildman–Crippen LogP) is 2.56. The summed E-state index contributed by atoms with van der Waals surface area (Å²) in [6.07, 6.45) is 1.04. The van der Waals surface area contributed by atoms with Crippen LogP contribution in [0.4, 0.5) is 0 Å². The molecule has 0 bridgehead atoms. The van der Waals surface area contributed by atoms with Crippen LogP contribution in [0.2, 0.25) is 0 Å². The molecule has 4 heteroatoms. The number of hydrogen-bond acceptors (Lipinski definition) is 2. The lowest BCUT2D eigenvalue weighted by Crippen LogP contribution is -2.43. The maximum absolute atomic E-state index is 12.0. The Balaban J connectivity index is 2.07. The van der Waals surface area contributed by atoms with E-state index in [-0.39, 0.29) is 11.9 Å². The Labute approximate surface area is 124 Å². The monoisotopic (exact) mass is 286 g/mol. The average molecular weight is 286 g/mol. The first-order valence-electron chi connectivity index (χ1n) is 6.66. The van der Waals surface area contributed by atoms with Gasteiger partial charge in [-0.25, -0.2) is 0 Å². The third kappa shape index (κ3) is 3.54. The minimum Gasteiger partial charge on any atom is -0.392 e. The first kappa shape index (κ1) is 14.5. The molecule has 3 N–H and O–H groups in total. The first-order valence-corrected chi connectivity index (χ1v) is 7.07. The number of carbonyl (C=O) groups excluding carboxylic acids is 1. The number of nitrogens with one attached hydrogen (secondary N) is 1. The number of hydrogen-bond donors (Lipinski definition) is 2. The lowest BCUT2D eigenvalue weighted by atomic mass is 10.0. The van der Waals surface area contributed by atoms with Crippen LogP contribution in [0.5, 0.6) is 0 Å². The van der Waals surface area contributed by atoms with Gasteiger partial charge in [0.1, 0.15) is 0 Å². The van der Waals surface area contributed by atoms with Gasteiger partial charge in [-0.1, -0.05) is 61.6 Å². The second-order valence-electron chi connectivity index (χ2n) is 4.79. The Morgan fingerprint density at radius 2 is 1.95 bits per heavy atom.